The first-order chi connectivity index (χ1) is 11.6. The predicted molar refractivity (Wildman–Crippen MR) is 90.4 cm³/mol. The third-order valence-corrected chi connectivity index (χ3v) is 5.42. The van der Waals surface area contributed by atoms with Gasteiger partial charge in [-0.25, -0.2) is 9.50 Å². The molecule has 6 nitrogen and oxygen atoms in total. The van der Waals surface area contributed by atoms with Crippen LogP contribution >= 0.6 is 11.6 Å². The van der Waals surface area contributed by atoms with Crippen LogP contribution in [0.1, 0.15) is 54.6 Å². The van der Waals surface area contributed by atoms with Crippen molar-refractivity contribution in [2.45, 2.75) is 57.1 Å². The van der Waals surface area contributed by atoms with Gasteiger partial charge in [0, 0.05) is 12.4 Å². The van der Waals surface area contributed by atoms with E-state index in [1.807, 2.05) is 6.92 Å². The molecule has 128 valence electrons. The van der Waals surface area contributed by atoms with Gasteiger partial charge in [-0.1, -0.05) is 30.9 Å². The van der Waals surface area contributed by atoms with Crippen molar-refractivity contribution in [2.75, 3.05) is 6.61 Å². The van der Waals surface area contributed by atoms with Gasteiger partial charge in [-0.15, -0.1) is 0 Å². The average molecular weight is 349 g/mol. The summed E-state index contributed by atoms with van der Waals surface area (Å²) in [4.78, 5) is 16.8. The van der Waals surface area contributed by atoms with Crippen LogP contribution in [0.5, 0.6) is 0 Å². The SMILES string of the molecule is Cc1cnc2c(Cl)c(C(=O)NC3COC4(CCCCC4)C3)nn2c1. The number of nitrogens with one attached hydrogen (secondary N) is 1. The first-order valence-corrected chi connectivity index (χ1v) is 8.89. The van der Waals surface area contributed by atoms with E-state index in [9.17, 15) is 4.79 Å². The van der Waals surface area contributed by atoms with Crippen molar-refractivity contribution in [1.29, 1.82) is 0 Å². The molecule has 1 amide bonds. The van der Waals surface area contributed by atoms with Crippen molar-refractivity contribution >= 4 is 23.2 Å². The third kappa shape index (κ3) is 2.78. The Morgan fingerprint density at radius 3 is 3.00 bits per heavy atom. The van der Waals surface area contributed by atoms with Crippen LogP contribution in [0.4, 0.5) is 0 Å². The summed E-state index contributed by atoms with van der Waals surface area (Å²) in [7, 11) is 0. The van der Waals surface area contributed by atoms with E-state index in [-0.39, 0.29) is 23.2 Å². The van der Waals surface area contributed by atoms with Gasteiger partial charge >= 0.3 is 0 Å². The topological polar surface area (TPSA) is 68.5 Å². The molecule has 7 heteroatoms. The molecule has 1 spiro atoms. The molecular formula is C17H21ClN4O2. The molecule has 1 aliphatic heterocycles. The number of ether oxygens (including phenoxy) is 1. The lowest BCUT2D eigenvalue weighted by Gasteiger charge is -2.32. The Morgan fingerprint density at radius 2 is 2.21 bits per heavy atom. The van der Waals surface area contributed by atoms with Gasteiger partial charge in [0.05, 0.1) is 18.2 Å². The lowest BCUT2D eigenvalue weighted by atomic mass is 9.82. The second-order valence-electron chi connectivity index (χ2n) is 6.99. The van der Waals surface area contributed by atoms with Crippen molar-refractivity contribution in [2.24, 2.45) is 0 Å². The predicted octanol–water partition coefficient (Wildman–Crippen LogP) is 2.91. The fourth-order valence-corrected chi connectivity index (χ4v) is 4.14. The molecule has 0 aromatic carbocycles. The number of aryl methyl sites for hydroxylation is 1. The van der Waals surface area contributed by atoms with Crippen molar-refractivity contribution in [3.05, 3.63) is 28.7 Å². The van der Waals surface area contributed by atoms with Gasteiger partial charge in [-0.2, -0.15) is 5.10 Å². The summed E-state index contributed by atoms with van der Waals surface area (Å²) in [6, 6.07) is 0.0196. The summed E-state index contributed by atoms with van der Waals surface area (Å²) in [6.45, 7) is 2.48. The number of aromatic nitrogens is 3. The Labute approximate surface area is 145 Å². The van der Waals surface area contributed by atoms with E-state index in [1.54, 1.807) is 16.9 Å². The van der Waals surface area contributed by atoms with Gasteiger partial charge in [0.15, 0.2) is 11.3 Å². The number of halogens is 1. The van der Waals surface area contributed by atoms with E-state index >= 15 is 0 Å². The molecule has 0 radical (unpaired) electrons. The summed E-state index contributed by atoms with van der Waals surface area (Å²) in [5.74, 6) is -0.260. The Kier molecular flexibility index (Phi) is 3.96. The van der Waals surface area contributed by atoms with Crippen LogP contribution in [0.15, 0.2) is 12.4 Å². The number of carbonyl (C=O) groups is 1. The van der Waals surface area contributed by atoms with Crippen molar-refractivity contribution in [3.8, 4) is 0 Å². The molecule has 2 aliphatic rings. The Morgan fingerprint density at radius 1 is 1.42 bits per heavy atom. The van der Waals surface area contributed by atoms with Crippen LogP contribution in [-0.4, -0.2) is 38.8 Å². The minimum atomic E-state index is -0.260. The zero-order chi connectivity index (χ0) is 16.7. The van der Waals surface area contributed by atoms with E-state index in [0.717, 1.165) is 24.8 Å². The number of rotatable bonds is 2. The molecule has 1 aliphatic carbocycles. The van der Waals surface area contributed by atoms with E-state index in [1.165, 1.54) is 19.3 Å². The highest BCUT2D eigenvalue weighted by Crippen LogP contribution is 2.39. The van der Waals surface area contributed by atoms with Crippen molar-refractivity contribution < 1.29 is 9.53 Å². The van der Waals surface area contributed by atoms with Crippen LogP contribution in [0.3, 0.4) is 0 Å². The highest BCUT2D eigenvalue weighted by atomic mass is 35.5. The molecule has 2 fully saturated rings. The normalized spacial score (nSPS) is 23.0. The first kappa shape index (κ1) is 15.8. The van der Waals surface area contributed by atoms with Gasteiger partial charge in [-0.05, 0) is 31.7 Å². The van der Waals surface area contributed by atoms with Crippen molar-refractivity contribution in [3.63, 3.8) is 0 Å². The number of amides is 1. The molecule has 2 aromatic rings. The number of carbonyl (C=O) groups excluding carboxylic acids is 1. The van der Waals surface area contributed by atoms with Crippen LogP contribution in [0.25, 0.3) is 5.65 Å². The summed E-state index contributed by atoms with van der Waals surface area (Å²) in [5.41, 5.74) is 1.65. The zero-order valence-corrected chi connectivity index (χ0v) is 14.5. The molecule has 4 rings (SSSR count). The number of hydrogen-bond acceptors (Lipinski definition) is 4. The van der Waals surface area contributed by atoms with Crippen LogP contribution in [-0.2, 0) is 4.74 Å². The molecule has 24 heavy (non-hydrogen) atoms. The smallest absolute Gasteiger partial charge is 0.273 e. The molecule has 1 saturated heterocycles. The first-order valence-electron chi connectivity index (χ1n) is 8.52. The zero-order valence-electron chi connectivity index (χ0n) is 13.7. The molecule has 1 unspecified atom stereocenters. The Hall–Kier alpha value is -1.66. The maximum Gasteiger partial charge on any atom is 0.273 e. The molecule has 3 heterocycles. The molecule has 1 atom stereocenters. The maximum atomic E-state index is 12.6. The van der Waals surface area contributed by atoms with Gasteiger partial charge in [0.1, 0.15) is 5.02 Å². The number of fused-ring (bicyclic) bond motifs is 1. The van der Waals surface area contributed by atoms with Crippen LogP contribution < -0.4 is 5.32 Å². The van der Waals surface area contributed by atoms with E-state index in [2.05, 4.69) is 15.4 Å². The highest BCUT2D eigenvalue weighted by molar-refractivity contribution is 6.36. The second-order valence-corrected chi connectivity index (χ2v) is 7.37. The lowest BCUT2D eigenvalue weighted by molar-refractivity contribution is -0.0246. The Bertz CT molecular complexity index is 782. The molecule has 1 saturated carbocycles. The van der Waals surface area contributed by atoms with Crippen LogP contribution in [0.2, 0.25) is 5.02 Å². The highest BCUT2D eigenvalue weighted by Gasteiger charge is 2.41. The quantitative estimate of drug-likeness (QED) is 0.906. The molecular weight excluding hydrogens is 328 g/mol. The summed E-state index contributed by atoms with van der Waals surface area (Å²) >= 11 is 6.29. The van der Waals surface area contributed by atoms with Gasteiger partial charge < -0.3 is 10.1 Å². The van der Waals surface area contributed by atoms with Crippen LogP contribution in [0, 0.1) is 6.92 Å². The van der Waals surface area contributed by atoms with E-state index in [0.29, 0.717) is 17.3 Å². The molecule has 2 aromatic heterocycles. The summed E-state index contributed by atoms with van der Waals surface area (Å²) in [5, 5.41) is 7.61. The third-order valence-electron chi connectivity index (χ3n) is 5.07. The summed E-state index contributed by atoms with van der Waals surface area (Å²) < 4.78 is 7.61. The van der Waals surface area contributed by atoms with Crippen molar-refractivity contribution in [1.82, 2.24) is 19.9 Å². The maximum absolute atomic E-state index is 12.6. The van der Waals surface area contributed by atoms with Gasteiger partial charge in [-0.3, -0.25) is 4.79 Å². The fraction of sp³-hybridized carbons (Fsp3) is 0.588. The van der Waals surface area contributed by atoms with E-state index < -0.39 is 0 Å². The van der Waals surface area contributed by atoms with Gasteiger partial charge in [0.2, 0.25) is 0 Å². The fourth-order valence-electron chi connectivity index (χ4n) is 3.88. The number of nitrogens with zero attached hydrogens (tertiary/aromatic N) is 3. The minimum Gasteiger partial charge on any atom is -0.373 e. The lowest BCUT2D eigenvalue weighted by Crippen LogP contribution is -2.37. The summed E-state index contributed by atoms with van der Waals surface area (Å²) in [6.07, 6.45) is 10.3. The van der Waals surface area contributed by atoms with Gasteiger partial charge in [0.25, 0.3) is 5.91 Å². The monoisotopic (exact) mass is 348 g/mol. The molecule has 0 bridgehead atoms. The largest absolute Gasteiger partial charge is 0.373 e. The second kappa shape index (κ2) is 6.01. The van der Waals surface area contributed by atoms with E-state index in [4.69, 9.17) is 16.3 Å². The number of hydrogen-bond donors (Lipinski definition) is 1. The minimum absolute atomic E-state index is 0.0196. The standard InChI is InChI=1S/C17H21ClN4O2/c1-11-8-19-15-13(18)14(21-22(15)9-11)16(23)20-12-7-17(24-10-12)5-3-2-4-6-17/h8-9,12H,2-7,10H2,1H3,(H,20,23). The molecule has 1 N–H and O–H groups in total. The Balaban J connectivity index is 1.50. The average Bonchev–Trinajstić information content (AvgIpc) is 3.09.